The Kier molecular flexibility index (Phi) is 3.76. The second-order valence-corrected chi connectivity index (χ2v) is 5.94. The van der Waals surface area contributed by atoms with Crippen LogP contribution in [0.2, 0.25) is 0 Å². The van der Waals surface area contributed by atoms with Crippen LogP contribution in [0.1, 0.15) is 32.8 Å². The lowest BCUT2D eigenvalue weighted by Gasteiger charge is -2.19. The van der Waals surface area contributed by atoms with Gasteiger partial charge in [-0.3, -0.25) is 4.79 Å². The summed E-state index contributed by atoms with van der Waals surface area (Å²) in [5.74, 6) is 0. The van der Waals surface area contributed by atoms with Crippen LogP contribution in [-0.2, 0) is 12.0 Å². The average molecular weight is 259 g/mol. The molecule has 0 fully saturated rings. The van der Waals surface area contributed by atoms with E-state index in [1.54, 1.807) is 4.57 Å². The molecule has 1 N–H and O–H groups in total. The Bertz CT molecular complexity index is 635. The molecule has 0 saturated heterocycles. The molecule has 19 heavy (non-hydrogen) atoms. The minimum Gasteiger partial charge on any atom is -0.396 e. The second kappa shape index (κ2) is 5.17. The minimum absolute atomic E-state index is 0.0198. The van der Waals surface area contributed by atoms with Crippen molar-refractivity contribution in [3.8, 4) is 0 Å². The summed E-state index contributed by atoms with van der Waals surface area (Å²) in [5, 5.41) is 10.6. The predicted molar refractivity (Wildman–Crippen MR) is 78.6 cm³/mol. The highest BCUT2D eigenvalue weighted by Gasteiger charge is 2.14. The molecule has 0 saturated carbocycles. The fraction of sp³-hybridized carbons (Fsp3) is 0.438. The Balaban J connectivity index is 2.51. The third-order valence-corrected chi connectivity index (χ3v) is 3.40. The van der Waals surface area contributed by atoms with E-state index >= 15 is 0 Å². The van der Waals surface area contributed by atoms with Crippen LogP contribution in [0.25, 0.3) is 10.8 Å². The van der Waals surface area contributed by atoms with Crippen molar-refractivity contribution in [2.45, 2.75) is 39.2 Å². The van der Waals surface area contributed by atoms with Crippen molar-refractivity contribution in [3.63, 3.8) is 0 Å². The van der Waals surface area contributed by atoms with Gasteiger partial charge < -0.3 is 9.67 Å². The molecule has 0 aliphatic carbocycles. The van der Waals surface area contributed by atoms with Crippen LogP contribution >= 0.6 is 0 Å². The number of hydrogen-bond donors (Lipinski definition) is 1. The largest absolute Gasteiger partial charge is 0.396 e. The first-order chi connectivity index (χ1) is 8.93. The van der Waals surface area contributed by atoms with Crippen molar-refractivity contribution in [3.05, 3.63) is 46.4 Å². The Morgan fingerprint density at radius 2 is 1.95 bits per heavy atom. The topological polar surface area (TPSA) is 42.2 Å². The zero-order valence-electron chi connectivity index (χ0n) is 11.8. The number of aliphatic hydroxyl groups is 1. The molecule has 0 atom stereocenters. The van der Waals surface area contributed by atoms with Crippen LogP contribution in [-0.4, -0.2) is 16.3 Å². The lowest BCUT2D eigenvalue weighted by molar-refractivity contribution is 0.279. The Labute approximate surface area is 113 Å². The minimum atomic E-state index is 0.0198. The van der Waals surface area contributed by atoms with Gasteiger partial charge >= 0.3 is 0 Å². The monoisotopic (exact) mass is 259 g/mol. The van der Waals surface area contributed by atoms with Crippen LogP contribution in [0.4, 0.5) is 0 Å². The molecule has 3 nitrogen and oxygen atoms in total. The van der Waals surface area contributed by atoms with Gasteiger partial charge in [-0.1, -0.05) is 32.9 Å². The first-order valence-corrected chi connectivity index (χ1v) is 6.68. The smallest absolute Gasteiger partial charge is 0.258 e. The number of nitrogens with zero attached hydrogens (tertiary/aromatic N) is 1. The molecule has 0 unspecified atom stereocenters. The maximum atomic E-state index is 12.3. The standard InChI is InChI=1S/C16H21NO2/c1-16(2,3)13-5-6-14-12(11-13)7-9-17(15(14)19)8-4-10-18/h5-7,9,11,18H,4,8,10H2,1-3H3. The van der Waals surface area contributed by atoms with E-state index < -0.39 is 0 Å². The summed E-state index contributed by atoms with van der Waals surface area (Å²) >= 11 is 0. The van der Waals surface area contributed by atoms with Crippen LogP contribution in [0, 0.1) is 0 Å². The lowest BCUT2D eigenvalue weighted by Crippen LogP contribution is -2.20. The molecule has 1 aromatic carbocycles. The summed E-state index contributed by atoms with van der Waals surface area (Å²) in [6.07, 6.45) is 2.41. The van der Waals surface area contributed by atoms with E-state index in [1.165, 1.54) is 5.56 Å². The highest BCUT2D eigenvalue weighted by molar-refractivity contribution is 5.82. The summed E-state index contributed by atoms with van der Waals surface area (Å²) in [7, 11) is 0. The van der Waals surface area contributed by atoms with E-state index in [4.69, 9.17) is 5.11 Å². The number of aromatic nitrogens is 1. The van der Waals surface area contributed by atoms with Gasteiger partial charge in [0.1, 0.15) is 0 Å². The van der Waals surface area contributed by atoms with Gasteiger partial charge in [0.15, 0.2) is 0 Å². The van der Waals surface area contributed by atoms with Crippen LogP contribution in [0.3, 0.4) is 0 Å². The molecule has 2 rings (SSSR count). The van der Waals surface area contributed by atoms with Crippen molar-refractivity contribution in [1.82, 2.24) is 4.57 Å². The number of fused-ring (bicyclic) bond motifs is 1. The number of pyridine rings is 1. The summed E-state index contributed by atoms with van der Waals surface area (Å²) in [6, 6.07) is 8.00. The van der Waals surface area contributed by atoms with Crippen molar-refractivity contribution >= 4 is 10.8 Å². The number of benzene rings is 1. The summed E-state index contributed by atoms with van der Waals surface area (Å²) in [5.41, 5.74) is 1.33. The van der Waals surface area contributed by atoms with E-state index in [-0.39, 0.29) is 17.6 Å². The maximum Gasteiger partial charge on any atom is 0.258 e. The number of rotatable bonds is 3. The third-order valence-electron chi connectivity index (χ3n) is 3.40. The molecule has 3 heteroatoms. The molecule has 0 radical (unpaired) electrons. The van der Waals surface area contributed by atoms with E-state index in [0.717, 1.165) is 10.8 Å². The molecule has 0 amide bonds. The van der Waals surface area contributed by atoms with Crippen molar-refractivity contribution in [2.75, 3.05) is 6.61 Å². The maximum absolute atomic E-state index is 12.3. The number of aliphatic hydroxyl groups excluding tert-OH is 1. The van der Waals surface area contributed by atoms with Crippen molar-refractivity contribution < 1.29 is 5.11 Å². The quantitative estimate of drug-likeness (QED) is 0.920. The van der Waals surface area contributed by atoms with Gasteiger partial charge in [-0.25, -0.2) is 0 Å². The van der Waals surface area contributed by atoms with Crippen LogP contribution < -0.4 is 5.56 Å². The zero-order valence-corrected chi connectivity index (χ0v) is 11.8. The first kappa shape index (κ1) is 13.8. The normalized spacial score (nSPS) is 12.0. The molecule has 102 valence electrons. The molecule has 0 bridgehead atoms. The van der Waals surface area contributed by atoms with E-state index in [1.807, 2.05) is 24.4 Å². The van der Waals surface area contributed by atoms with Gasteiger partial charge in [-0.05, 0) is 34.9 Å². The molecule has 0 aliphatic heterocycles. The SMILES string of the molecule is CC(C)(C)c1ccc2c(=O)n(CCCO)ccc2c1. The second-order valence-electron chi connectivity index (χ2n) is 5.94. The molecule has 0 spiro atoms. The lowest BCUT2D eigenvalue weighted by atomic mass is 9.86. The molecule has 0 aliphatic rings. The van der Waals surface area contributed by atoms with Gasteiger partial charge in [-0.2, -0.15) is 0 Å². The van der Waals surface area contributed by atoms with Gasteiger partial charge in [0, 0.05) is 24.7 Å². The molecule has 2 aromatic rings. The predicted octanol–water partition coefficient (Wildman–Crippen LogP) is 2.68. The number of aryl methyl sites for hydroxylation is 1. The molecular weight excluding hydrogens is 238 g/mol. The molecule has 1 aromatic heterocycles. The summed E-state index contributed by atoms with van der Waals surface area (Å²) in [4.78, 5) is 12.3. The van der Waals surface area contributed by atoms with E-state index in [9.17, 15) is 4.79 Å². The summed E-state index contributed by atoms with van der Waals surface area (Å²) in [6.45, 7) is 7.16. The highest BCUT2D eigenvalue weighted by atomic mass is 16.3. The fourth-order valence-corrected chi connectivity index (χ4v) is 2.17. The van der Waals surface area contributed by atoms with Crippen molar-refractivity contribution in [2.24, 2.45) is 0 Å². The average Bonchev–Trinajstić information content (AvgIpc) is 2.36. The number of hydrogen-bond acceptors (Lipinski definition) is 2. The van der Waals surface area contributed by atoms with Gasteiger partial charge in [0.25, 0.3) is 5.56 Å². The summed E-state index contributed by atoms with van der Waals surface area (Å²) < 4.78 is 1.66. The molecular formula is C16H21NO2. The van der Waals surface area contributed by atoms with Crippen LogP contribution in [0.15, 0.2) is 35.3 Å². The zero-order chi connectivity index (χ0) is 14.0. The highest BCUT2D eigenvalue weighted by Crippen LogP contribution is 2.24. The third kappa shape index (κ3) is 2.87. The first-order valence-electron chi connectivity index (χ1n) is 6.68. The van der Waals surface area contributed by atoms with Gasteiger partial charge in [0.05, 0.1) is 0 Å². The van der Waals surface area contributed by atoms with Crippen molar-refractivity contribution in [1.29, 1.82) is 0 Å². The van der Waals surface area contributed by atoms with Crippen LogP contribution in [0.5, 0.6) is 0 Å². The Morgan fingerprint density at radius 3 is 2.58 bits per heavy atom. The fourth-order valence-electron chi connectivity index (χ4n) is 2.17. The van der Waals surface area contributed by atoms with Gasteiger partial charge in [-0.15, -0.1) is 0 Å². The van der Waals surface area contributed by atoms with Gasteiger partial charge in [0.2, 0.25) is 0 Å². The molecule has 1 heterocycles. The Hall–Kier alpha value is -1.61. The van der Waals surface area contributed by atoms with E-state index in [0.29, 0.717) is 13.0 Å². The van der Waals surface area contributed by atoms with E-state index in [2.05, 4.69) is 26.8 Å². The Morgan fingerprint density at radius 1 is 1.21 bits per heavy atom.